The quantitative estimate of drug-likeness (QED) is 0.900. The molecule has 120 valence electrons. The average molecular weight is 324 g/mol. The van der Waals surface area contributed by atoms with Gasteiger partial charge < -0.3 is 4.74 Å². The van der Waals surface area contributed by atoms with Crippen molar-refractivity contribution in [1.29, 1.82) is 0 Å². The van der Waals surface area contributed by atoms with E-state index in [0.29, 0.717) is 11.6 Å². The van der Waals surface area contributed by atoms with Gasteiger partial charge in [-0.1, -0.05) is 0 Å². The molecule has 1 N–H and O–H groups in total. The van der Waals surface area contributed by atoms with Gasteiger partial charge in [-0.15, -0.1) is 0 Å². The van der Waals surface area contributed by atoms with Gasteiger partial charge in [0, 0.05) is 7.05 Å². The topological polar surface area (TPSA) is 86.1 Å². The van der Waals surface area contributed by atoms with E-state index in [0.717, 1.165) is 11.1 Å². The SMILES string of the molecule is COc1c(C)cc(S(=O)(=O)NC(C)c2ncnn2C)cc1C. The van der Waals surface area contributed by atoms with E-state index in [1.807, 2.05) is 13.8 Å². The van der Waals surface area contributed by atoms with Crippen LogP contribution >= 0.6 is 0 Å². The lowest BCUT2D eigenvalue weighted by molar-refractivity contribution is 0.408. The second kappa shape index (κ2) is 6.05. The second-order valence-corrected chi connectivity index (χ2v) is 6.89. The molecule has 2 aromatic rings. The largest absolute Gasteiger partial charge is 0.496 e. The van der Waals surface area contributed by atoms with Gasteiger partial charge in [-0.3, -0.25) is 4.68 Å². The number of nitrogens with zero attached hydrogens (tertiary/aromatic N) is 3. The molecule has 1 atom stereocenters. The number of sulfonamides is 1. The molecule has 22 heavy (non-hydrogen) atoms. The van der Waals surface area contributed by atoms with Crippen molar-refractivity contribution in [2.75, 3.05) is 7.11 Å². The Bertz CT molecular complexity index is 760. The number of benzene rings is 1. The van der Waals surface area contributed by atoms with Crippen LogP contribution in [0.15, 0.2) is 23.4 Å². The molecule has 0 aliphatic heterocycles. The maximum absolute atomic E-state index is 12.5. The minimum absolute atomic E-state index is 0.206. The van der Waals surface area contributed by atoms with Crippen molar-refractivity contribution in [2.24, 2.45) is 7.05 Å². The highest BCUT2D eigenvalue weighted by Gasteiger charge is 2.22. The first-order valence-electron chi connectivity index (χ1n) is 6.77. The lowest BCUT2D eigenvalue weighted by Crippen LogP contribution is -2.28. The number of hydrogen-bond donors (Lipinski definition) is 1. The lowest BCUT2D eigenvalue weighted by Gasteiger charge is -2.15. The van der Waals surface area contributed by atoms with Gasteiger partial charge in [-0.25, -0.2) is 18.1 Å². The molecule has 1 aromatic heterocycles. The fourth-order valence-corrected chi connectivity index (χ4v) is 3.81. The molecule has 0 amide bonds. The minimum Gasteiger partial charge on any atom is -0.496 e. The van der Waals surface area contributed by atoms with Crippen molar-refractivity contribution in [1.82, 2.24) is 19.5 Å². The molecule has 7 nitrogen and oxygen atoms in total. The number of ether oxygens (including phenoxy) is 1. The van der Waals surface area contributed by atoms with Crippen molar-refractivity contribution in [3.05, 3.63) is 35.4 Å². The van der Waals surface area contributed by atoms with Gasteiger partial charge in [0.25, 0.3) is 0 Å². The van der Waals surface area contributed by atoms with Crippen molar-refractivity contribution in [3.8, 4) is 5.75 Å². The predicted molar refractivity (Wildman–Crippen MR) is 82.2 cm³/mol. The summed E-state index contributed by atoms with van der Waals surface area (Å²) in [4.78, 5) is 4.27. The Morgan fingerprint density at radius 1 is 1.27 bits per heavy atom. The molecule has 0 aliphatic rings. The summed E-state index contributed by atoms with van der Waals surface area (Å²) >= 11 is 0. The first-order chi connectivity index (χ1) is 10.3. The van der Waals surface area contributed by atoms with E-state index in [1.165, 1.54) is 11.0 Å². The summed E-state index contributed by atoms with van der Waals surface area (Å²) in [6.07, 6.45) is 1.39. The monoisotopic (exact) mass is 324 g/mol. The molecule has 1 aromatic carbocycles. The Balaban J connectivity index is 2.33. The van der Waals surface area contributed by atoms with E-state index in [-0.39, 0.29) is 4.90 Å². The maximum Gasteiger partial charge on any atom is 0.241 e. The number of methoxy groups -OCH3 is 1. The lowest BCUT2D eigenvalue weighted by atomic mass is 10.1. The van der Waals surface area contributed by atoms with E-state index in [4.69, 9.17) is 4.74 Å². The highest BCUT2D eigenvalue weighted by molar-refractivity contribution is 7.89. The zero-order valence-electron chi connectivity index (χ0n) is 13.3. The van der Waals surface area contributed by atoms with Gasteiger partial charge in [0.05, 0.1) is 18.0 Å². The molecule has 8 heteroatoms. The third-order valence-corrected chi connectivity index (χ3v) is 4.93. The molecule has 0 fully saturated rings. The fourth-order valence-electron chi connectivity index (χ4n) is 2.44. The first-order valence-corrected chi connectivity index (χ1v) is 8.26. The molecule has 0 saturated carbocycles. The van der Waals surface area contributed by atoms with E-state index >= 15 is 0 Å². The first kappa shape index (κ1) is 16.4. The van der Waals surface area contributed by atoms with E-state index in [2.05, 4.69) is 14.8 Å². The van der Waals surface area contributed by atoms with Gasteiger partial charge in [0.2, 0.25) is 10.0 Å². The third-order valence-electron chi connectivity index (χ3n) is 3.41. The average Bonchev–Trinajstić information content (AvgIpc) is 2.84. The smallest absolute Gasteiger partial charge is 0.241 e. The zero-order valence-corrected chi connectivity index (χ0v) is 14.1. The summed E-state index contributed by atoms with van der Waals surface area (Å²) in [5, 5.41) is 3.95. The Morgan fingerprint density at radius 2 is 1.86 bits per heavy atom. The number of rotatable bonds is 5. The van der Waals surface area contributed by atoms with Crippen LogP contribution in [-0.4, -0.2) is 30.3 Å². The Morgan fingerprint density at radius 3 is 2.32 bits per heavy atom. The standard InChI is InChI=1S/C14H20N4O3S/c1-9-6-12(7-10(2)13(9)21-5)22(19,20)17-11(3)14-15-8-16-18(14)4/h6-8,11,17H,1-5H3. The van der Waals surface area contributed by atoms with Crippen LogP contribution in [0.3, 0.4) is 0 Å². The van der Waals surface area contributed by atoms with Crippen LogP contribution < -0.4 is 9.46 Å². The normalized spacial score (nSPS) is 13.1. The summed E-state index contributed by atoms with van der Waals surface area (Å²) in [5.41, 5.74) is 1.54. The van der Waals surface area contributed by atoms with E-state index < -0.39 is 16.1 Å². The molecule has 2 rings (SSSR count). The molecular formula is C14H20N4O3S. The van der Waals surface area contributed by atoms with Crippen LogP contribution in [0.2, 0.25) is 0 Å². The Hall–Kier alpha value is -1.93. The zero-order chi connectivity index (χ0) is 16.5. The summed E-state index contributed by atoms with van der Waals surface area (Å²) in [7, 11) is -0.375. The van der Waals surface area contributed by atoms with Crippen molar-refractivity contribution >= 4 is 10.0 Å². The molecule has 1 heterocycles. The van der Waals surface area contributed by atoms with Gasteiger partial charge >= 0.3 is 0 Å². The number of aryl methyl sites for hydroxylation is 3. The molecule has 0 aliphatic carbocycles. The fraction of sp³-hybridized carbons (Fsp3) is 0.429. The van der Waals surface area contributed by atoms with Crippen LogP contribution in [0.4, 0.5) is 0 Å². The number of nitrogens with one attached hydrogen (secondary N) is 1. The van der Waals surface area contributed by atoms with Crippen LogP contribution in [0.25, 0.3) is 0 Å². The van der Waals surface area contributed by atoms with Crippen LogP contribution in [-0.2, 0) is 17.1 Å². The van der Waals surface area contributed by atoms with E-state index in [9.17, 15) is 8.42 Å². The highest BCUT2D eigenvalue weighted by atomic mass is 32.2. The summed E-state index contributed by atoms with van der Waals surface area (Å²) < 4.78 is 34.5. The number of aromatic nitrogens is 3. The maximum atomic E-state index is 12.5. The Kier molecular flexibility index (Phi) is 4.52. The molecule has 0 spiro atoms. The van der Waals surface area contributed by atoms with Crippen LogP contribution in [0, 0.1) is 13.8 Å². The second-order valence-electron chi connectivity index (χ2n) is 5.18. The van der Waals surface area contributed by atoms with Crippen LogP contribution in [0.1, 0.15) is 29.9 Å². The highest BCUT2D eigenvalue weighted by Crippen LogP contribution is 2.27. The van der Waals surface area contributed by atoms with Crippen LogP contribution in [0.5, 0.6) is 5.75 Å². The summed E-state index contributed by atoms with van der Waals surface area (Å²) in [5.74, 6) is 1.24. The van der Waals surface area contributed by atoms with Gasteiger partial charge in [0.15, 0.2) is 0 Å². The van der Waals surface area contributed by atoms with Gasteiger partial charge in [-0.05, 0) is 44.0 Å². The predicted octanol–water partition coefficient (Wildman–Crippen LogP) is 1.48. The molecule has 1 unspecified atom stereocenters. The van der Waals surface area contributed by atoms with Gasteiger partial charge in [-0.2, -0.15) is 5.10 Å². The Labute approximate surface area is 130 Å². The summed E-state index contributed by atoms with van der Waals surface area (Å²) in [6.45, 7) is 5.36. The summed E-state index contributed by atoms with van der Waals surface area (Å²) in [6, 6.07) is 2.70. The number of hydrogen-bond acceptors (Lipinski definition) is 5. The van der Waals surface area contributed by atoms with E-state index in [1.54, 1.807) is 33.2 Å². The van der Waals surface area contributed by atoms with Crippen molar-refractivity contribution in [2.45, 2.75) is 31.7 Å². The van der Waals surface area contributed by atoms with Gasteiger partial charge in [0.1, 0.15) is 17.9 Å². The van der Waals surface area contributed by atoms with Crippen molar-refractivity contribution in [3.63, 3.8) is 0 Å². The molecular weight excluding hydrogens is 304 g/mol. The molecule has 0 radical (unpaired) electrons. The molecule has 0 saturated heterocycles. The minimum atomic E-state index is -3.66. The molecule has 0 bridgehead atoms. The third kappa shape index (κ3) is 3.12. The van der Waals surface area contributed by atoms with Crippen molar-refractivity contribution < 1.29 is 13.2 Å².